The molecule has 0 heterocycles. The fourth-order valence-corrected chi connectivity index (χ4v) is 1.42. The quantitative estimate of drug-likeness (QED) is 0.512. The molecule has 1 rings (SSSR count). The Balaban J connectivity index is 2.12. The summed E-state index contributed by atoms with van der Waals surface area (Å²) in [5, 5.41) is 0. The van der Waals surface area contributed by atoms with Gasteiger partial charge in [-0.15, -0.1) is 11.6 Å². The van der Waals surface area contributed by atoms with Crippen LogP contribution in [0.1, 0.15) is 25.3 Å². The van der Waals surface area contributed by atoms with E-state index in [1.54, 1.807) is 0 Å². The highest BCUT2D eigenvalue weighted by Crippen LogP contribution is 2.13. The van der Waals surface area contributed by atoms with Crippen molar-refractivity contribution in [2.75, 3.05) is 19.8 Å². The zero-order chi connectivity index (χ0) is 11.6. The number of halogens is 1. The van der Waals surface area contributed by atoms with Gasteiger partial charge in [0.25, 0.3) is 0 Å². The van der Waals surface area contributed by atoms with Gasteiger partial charge in [-0.25, -0.2) is 0 Å². The van der Waals surface area contributed by atoms with Crippen molar-refractivity contribution in [1.82, 2.24) is 0 Å². The third-order valence-corrected chi connectivity index (χ3v) is 2.52. The molecule has 0 N–H and O–H groups in total. The molecule has 1 aromatic rings. The average Bonchev–Trinajstić information content (AvgIpc) is 2.34. The largest absolute Gasteiger partial charge is 0.491 e. The number of hydrogen-bond acceptors (Lipinski definition) is 2. The summed E-state index contributed by atoms with van der Waals surface area (Å²) in [7, 11) is 0. The van der Waals surface area contributed by atoms with Gasteiger partial charge < -0.3 is 9.47 Å². The molecular weight excluding hydrogens is 224 g/mol. The van der Waals surface area contributed by atoms with Gasteiger partial charge in [0.05, 0.1) is 6.61 Å². The van der Waals surface area contributed by atoms with Gasteiger partial charge >= 0.3 is 0 Å². The number of ether oxygens (including phenoxy) is 2. The van der Waals surface area contributed by atoms with Crippen LogP contribution in [0.25, 0.3) is 0 Å². The van der Waals surface area contributed by atoms with Crippen LogP contribution in [0, 0.1) is 0 Å². The molecule has 90 valence electrons. The maximum atomic E-state index is 5.69. The van der Waals surface area contributed by atoms with Crippen LogP contribution >= 0.6 is 11.6 Å². The third kappa shape index (κ3) is 5.38. The highest BCUT2D eigenvalue weighted by atomic mass is 35.5. The minimum atomic E-state index is 0.542. The summed E-state index contributed by atoms with van der Waals surface area (Å²) in [5.74, 6) is 1.41. The Kier molecular flexibility index (Phi) is 7.02. The van der Waals surface area contributed by atoms with Crippen LogP contribution in [0.5, 0.6) is 5.75 Å². The Morgan fingerprint density at radius 1 is 1.06 bits per heavy atom. The van der Waals surface area contributed by atoms with Crippen LogP contribution in [0.2, 0.25) is 0 Å². The molecule has 0 unspecified atom stereocenters. The summed E-state index contributed by atoms with van der Waals surface area (Å²) in [6, 6.07) is 7.81. The van der Waals surface area contributed by atoms with Crippen LogP contribution in [-0.4, -0.2) is 19.8 Å². The lowest BCUT2D eigenvalue weighted by atomic mass is 10.2. The number of benzene rings is 1. The Bertz CT molecular complexity index is 272. The zero-order valence-corrected chi connectivity index (χ0v) is 10.5. The first-order chi connectivity index (χ1) is 7.86. The van der Waals surface area contributed by atoms with E-state index in [0.29, 0.717) is 19.1 Å². The van der Waals surface area contributed by atoms with Crippen molar-refractivity contribution in [3.8, 4) is 5.75 Å². The second-order valence-corrected chi connectivity index (χ2v) is 3.86. The lowest BCUT2D eigenvalue weighted by Gasteiger charge is -2.07. The summed E-state index contributed by atoms with van der Waals surface area (Å²) < 4.78 is 10.9. The molecule has 0 aromatic heterocycles. The van der Waals surface area contributed by atoms with E-state index >= 15 is 0 Å². The fourth-order valence-electron chi connectivity index (χ4n) is 1.24. The van der Waals surface area contributed by atoms with E-state index in [1.165, 1.54) is 6.42 Å². The molecule has 0 aliphatic carbocycles. The van der Waals surface area contributed by atoms with E-state index in [2.05, 4.69) is 6.92 Å². The molecule has 2 nitrogen and oxygen atoms in total. The minimum absolute atomic E-state index is 0.542. The normalized spacial score (nSPS) is 10.4. The zero-order valence-electron chi connectivity index (χ0n) is 9.75. The van der Waals surface area contributed by atoms with Gasteiger partial charge in [0.1, 0.15) is 12.4 Å². The van der Waals surface area contributed by atoms with Crippen molar-refractivity contribution < 1.29 is 9.47 Å². The van der Waals surface area contributed by atoms with Gasteiger partial charge in [0.15, 0.2) is 0 Å². The number of unbranched alkanes of at least 4 members (excludes halogenated alkanes) is 1. The first-order valence-corrected chi connectivity index (χ1v) is 6.25. The van der Waals surface area contributed by atoms with Crippen LogP contribution < -0.4 is 4.74 Å². The van der Waals surface area contributed by atoms with Gasteiger partial charge in [-0.05, 0) is 24.1 Å². The standard InChI is InChI=1S/C13H19ClO2/c1-2-3-8-15-9-10-16-13-6-4-12(11-14)5-7-13/h4-7H,2-3,8-11H2,1H3. The highest BCUT2D eigenvalue weighted by Gasteiger charge is 1.94. The van der Waals surface area contributed by atoms with E-state index in [0.717, 1.165) is 24.3 Å². The molecule has 0 saturated heterocycles. The first-order valence-electron chi connectivity index (χ1n) is 5.72. The van der Waals surface area contributed by atoms with E-state index in [-0.39, 0.29) is 0 Å². The summed E-state index contributed by atoms with van der Waals surface area (Å²) in [5.41, 5.74) is 1.10. The molecule has 3 heteroatoms. The predicted octanol–water partition coefficient (Wildman–Crippen LogP) is 3.62. The van der Waals surface area contributed by atoms with E-state index < -0.39 is 0 Å². The van der Waals surface area contributed by atoms with Crippen LogP contribution in [-0.2, 0) is 10.6 Å². The molecule has 0 aliphatic heterocycles. The summed E-state index contributed by atoms with van der Waals surface area (Å²) in [6.45, 7) is 4.23. The molecule has 0 radical (unpaired) electrons. The smallest absolute Gasteiger partial charge is 0.119 e. The second-order valence-electron chi connectivity index (χ2n) is 3.59. The maximum absolute atomic E-state index is 5.69. The summed E-state index contributed by atoms with van der Waals surface area (Å²) in [6.07, 6.45) is 2.28. The van der Waals surface area contributed by atoms with Gasteiger partial charge in [0, 0.05) is 12.5 Å². The molecule has 0 fully saturated rings. The Labute approximate surface area is 103 Å². The van der Waals surface area contributed by atoms with Crippen LogP contribution in [0.4, 0.5) is 0 Å². The average molecular weight is 243 g/mol. The molecule has 0 amide bonds. The highest BCUT2D eigenvalue weighted by molar-refractivity contribution is 6.17. The van der Waals surface area contributed by atoms with Gasteiger partial charge in [-0.1, -0.05) is 25.5 Å². The Morgan fingerprint density at radius 3 is 2.44 bits per heavy atom. The van der Waals surface area contributed by atoms with Crippen molar-refractivity contribution in [1.29, 1.82) is 0 Å². The molecule has 0 atom stereocenters. The Morgan fingerprint density at radius 2 is 1.81 bits per heavy atom. The van der Waals surface area contributed by atoms with Crippen molar-refractivity contribution in [2.45, 2.75) is 25.6 Å². The van der Waals surface area contributed by atoms with E-state index in [4.69, 9.17) is 21.1 Å². The molecule has 1 aromatic carbocycles. The van der Waals surface area contributed by atoms with Crippen molar-refractivity contribution in [3.05, 3.63) is 29.8 Å². The van der Waals surface area contributed by atoms with Gasteiger partial charge in [-0.2, -0.15) is 0 Å². The predicted molar refractivity (Wildman–Crippen MR) is 67.2 cm³/mol. The topological polar surface area (TPSA) is 18.5 Å². The second kappa shape index (κ2) is 8.43. The summed E-state index contributed by atoms with van der Waals surface area (Å²) in [4.78, 5) is 0. The van der Waals surface area contributed by atoms with E-state index in [1.807, 2.05) is 24.3 Å². The number of alkyl halides is 1. The minimum Gasteiger partial charge on any atom is -0.491 e. The molecule has 0 bridgehead atoms. The first kappa shape index (κ1) is 13.3. The van der Waals surface area contributed by atoms with Gasteiger partial charge in [-0.3, -0.25) is 0 Å². The van der Waals surface area contributed by atoms with Gasteiger partial charge in [0.2, 0.25) is 0 Å². The monoisotopic (exact) mass is 242 g/mol. The lowest BCUT2D eigenvalue weighted by molar-refractivity contribution is 0.0980. The molecule has 0 aliphatic rings. The molecule has 0 spiro atoms. The SMILES string of the molecule is CCCCOCCOc1ccc(CCl)cc1. The van der Waals surface area contributed by atoms with Crippen molar-refractivity contribution in [3.63, 3.8) is 0 Å². The third-order valence-electron chi connectivity index (χ3n) is 2.22. The fraction of sp³-hybridized carbons (Fsp3) is 0.538. The van der Waals surface area contributed by atoms with Crippen LogP contribution in [0.15, 0.2) is 24.3 Å². The number of rotatable bonds is 8. The Hall–Kier alpha value is -0.730. The van der Waals surface area contributed by atoms with Crippen molar-refractivity contribution >= 4 is 11.6 Å². The summed E-state index contributed by atoms with van der Waals surface area (Å²) >= 11 is 5.69. The molecular formula is C13H19ClO2. The van der Waals surface area contributed by atoms with Crippen molar-refractivity contribution in [2.24, 2.45) is 0 Å². The number of hydrogen-bond donors (Lipinski definition) is 0. The molecule has 0 saturated carbocycles. The molecule has 16 heavy (non-hydrogen) atoms. The lowest BCUT2D eigenvalue weighted by Crippen LogP contribution is -2.07. The van der Waals surface area contributed by atoms with E-state index in [9.17, 15) is 0 Å². The maximum Gasteiger partial charge on any atom is 0.119 e. The van der Waals surface area contributed by atoms with Crippen LogP contribution in [0.3, 0.4) is 0 Å².